The fraction of sp³-hybridized carbons (Fsp3) is 0.500. The van der Waals surface area contributed by atoms with Gasteiger partial charge in [0.1, 0.15) is 6.04 Å². The summed E-state index contributed by atoms with van der Waals surface area (Å²) in [6, 6.07) is 5.35. The molecule has 0 saturated heterocycles. The topological polar surface area (TPSA) is 72.5 Å². The molecule has 0 aliphatic heterocycles. The Morgan fingerprint density at radius 1 is 1.29 bits per heavy atom. The van der Waals surface area contributed by atoms with Crippen LogP contribution in [-0.2, 0) is 19.6 Å². The van der Waals surface area contributed by atoms with E-state index in [0.29, 0.717) is 6.42 Å². The SMILES string of the molecule is CCOC(=O)[C@H](CC(C)C)NS(=O)(=O)c1ccc(Br)cc1. The molecule has 0 aliphatic carbocycles. The Hall–Kier alpha value is -0.920. The van der Waals surface area contributed by atoms with Crippen molar-refractivity contribution in [2.45, 2.75) is 38.1 Å². The summed E-state index contributed by atoms with van der Waals surface area (Å²) < 4.78 is 32.8. The van der Waals surface area contributed by atoms with Gasteiger partial charge in [-0.25, -0.2) is 8.42 Å². The molecule has 0 heterocycles. The van der Waals surface area contributed by atoms with Crippen LogP contribution in [0.2, 0.25) is 0 Å². The first-order valence-electron chi connectivity index (χ1n) is 6.70. The second-order valence-corrected chi connectivity index (χ2v) is 7.64. The van der Waals surface area contributed by atoms with Crippen LogP contribution in [0.25, 0.3) is 0 Å². The van der Waals surface area contributed by atoms with Crippen LogP contribution in [0.3, 0.4) is 0 Å². The normalized spacial score (nSPS) is 13.2. The summed E-state index contributed by atoms with van der Waals surface area (Å²) >= 11 is 3.25. The molecule has 118 valence electrons. The van der Waals surface area contributed by atoms with Crippen LogP contribution in [0.5, 0.6) is 0 Å². The molecule has 0 aliphatic rings. The predicted octanol–water partition coefficient (Wildman–Crippen LogP) is 2.71. The van der Waals surface area contributed by atoms with Gasteiger partial charge in [0, 0.05) is 4.47 Å². The highest BCUT2D eigenvalue weighted by atomic mass is 79.9. The van der Waals surface area contributed by atoms with Crippen molar-refractivity contribution in [3.05, 3.63) is 28.7 Å². The third-order valence-corrected chi connectivity index (χ3v) is 4.72. The standard InChI is InChI=1S/C14H20BrNO4S/c1-4-20-14(17)13(9-10(2)3)16-21(18,19)12-7-5-11(15)6-8-12/h5-8,10,13,16H,4,9H2,1-3H3/t13-/m0/s1. The van der Waals surface area contributed by atoms with Gasteiger partial charge >= 0.3 is 5.97 Å². The number of carbonyl (C=O) groups is 1. The minimum Gasteiger partial charge on any atom is -0.465 e. The fourth-order valence-corrected chi connectivity index (χ4v) is 3.24. The number of benzene rings is 1. The van der Waals surface area contributed by atoms with Crippen LogP contribution < -0.4 is 4.72 Å². The highest BCUT2D eigenvalue weighted by molar-refractivity contribution is 9.10. The number of rotatable bonds is 7. The third-order valence-electron chi connectivity index (χ3n) is 2.70. The summed E-state index contributed by atoms with van der Waals surface area (Å²) in [4.78, 5) is 12.0. The molecule has 1 rings (SSSR count). The fourth-order valence-electron chi connectivity index (χ4n) is 1.78. The van der Waals surface area contributed by atoms with Gasteiger partial charge in [-0.1, -0.05) is 29.8 Å². The van der Waals surface area contributed by atoms with Crippen LogP contribution >= 0.6 is 15.9 Å². The lowest BCUT2D eigenvalue weighted by Crippen LogP contribution is -2.42. The van der Waals surface area contributed by atoms with Crippen molar-refractivity contribution >= 4 is 31.9 Å². The molecule has 0 bridgehead atoms. The summed E-state index contributed by atoms with van der Waals surface area (Å²) in [5.41, 5.74) is 0. The first-order chi connectivity index (χ1) is 9.76. The number of halogens is 1. The first-order valence-corrected chi connectivity index (χ1v) is 8.98. The van der Waals surface area contributed by atoms with Gasteiger partial charge in [-0.15, -0.1) is 0 Å². The monoisotopic (exact) mass is 377 g/mol. The van der Waals surface area contributed by atoms with Gasteiger partial charge in [0.15, 0.2) is 0 Å². The summed E-state index contributed by atoms with van der Waals surface area (Å²) in [5, 5.41) is 0. The smallest absolute Gasteiger partial charge is 0.324 e. The largest absolute Gasteiger partial charge is 0.465 e. The summed E-state index contributed by atoms with van der Waals surface area (Å²) in [7, 11) is -3.76. The second kappa shape index (κ2) is 7.91. The summed E-state index contributed by atoms with van der Waals surface area (Å²) in [6.07, 6.45) is 0.384. The Morgan fingerprint density at radius 3 is 2.33 bits per heavy atom. The van der Waals surface area contributed by atoms with Crippen molar-refractivity contribution in [3.63, 3.8) is 0 Å². The zero-order valence-electron chi connectivity index (χ0n) is 12.3. The number of carbonyl (C=O) groups excluding carboxylic acids is 1. The van der Waals surface area contributed by atoms with Gasteiger partial charge in [0.05, 0.1) is 11.5 Å². The number of sulfonamides is 1. The Labute approximate surface area is 134 Å². The van der Waals surface area contributed by atoms with Crippen molar-refractivity contribution in [3.8, 4) is 0 Å². The Kier molecular flexibility index (Phi) is 6.83. The van der Waals surface area contributed by atoms with Gasteiger partial charge in [-0.3, -0.25) is 4.79 Å². The van der Waals surface area contributed by atoms with Crippen LogP contribution in [-0.4, -0.2) is 27.0 Å². The van der Waals surface area contributed by atoms with Crippen molar-refractivity contribution in [2.24, 2.45) is 5.92 Å². The summed E-state index contributed by atoms with van der Waals surface area (Å²) in [6.45, 7) is 5.74. The van der Waals surface area contributed by atoms with Gasteiger partial charge in [-0.05, 0) is 43.5 Å². The lowest BCUT2D eigenvalue weighted by molar-refractivity contribution is -0.145. The van der Waals surface area contributed by atoms with Crippen molar-refractivity contribution < 1.29 is 17.9 Å². The number of hydrogen-bond acceptors (Lipinski definition) is 4. The van der Waals surface area contributed by atoms with E-state index >= 15 is 0 Å². The molecule has 0 fully saturated rings. The third kappa shape index (κ3) is 5.76. The van der Waals surface area contributed by atoms with E-state index in [4.69, 9.17) is 4.74 Å². The number of hydrogen-bond donors (Lipinski definition) is 1. The van der Waals surface area contributed by atoms with E-state index in [2.05, 4.69) is 20.7 Å². The van der Waals surface area contributed by atoms with E-state index in [1.54, 1.807) is 19.1 Å². The second-order valence-electron chi connectivity index (χ2n) is 5.01. The zero-order valence-corrected chi connectivity index (χ0v) is 14.7. The molecule has 21 heavy (non-hydrogen) atoms. The molecule has 0 saturated carbocycles. The van der Waals surface area contributed by atoms with Gasteiger partial charge in [0.2, 0.25) is 10.0 Å². The maximum atomic E-state index is 12.3. The van der Waals surface area contributed by atoms with Crippen molar-refractivity contribution in [1.29, 1.82) is 0 Å². The number of esters is 1. The Bertz CT molecular complexity index is 569. The Morgan fingerprint density at radius 2 is 1.86 bits per heavy atom. The Balaban J connectivity index is 2.95. The molecule has 1 atom stereocenters. The average molecular weight is 378 g/mol. The number of ether oxygens (including phenoxy) is 1. The van der Waals surface area contributed by atoms with Crippen LogP contribution in [0.1, 0.15) is 27.2 Å². The van der Waals surface area contributed by atoms with E-state index in [9.17, 15) is 13.2 Å². The van der Waals surface area contributed by atoms with Gasteiger partial charge in [0.25, 0.3) is 0 Å². The quantitative estimate of drug-likeness (QED) is 0.741. The minimum absolute atomic E-state index is 0.115. The lowest BCUT2D eigenvalue weighted by atomic mass is 10.1. The highest BCUT2D eigenvalue weighted by Crippen LogP contribution is 2.16. The minimum atomic E-state index is -3.76. The molecule has 7 heteroatoms. The maximum absolute atomic E-state index is 12.3. The molecule has 1 aromatic rings. The molecule has 0 unspecified atom stereocenters. The zero-order chi connectivity index (χ0) is 16.0. The number of nitrogens with one attached hydrogen (secondary N) is 1. The van der Waals surface area contributed by atoms with E-state index in [-0.39, 0.29) is 17.4 Å². The van der Waals surface area contributed by atoms with Crippen LogP contribution in [0.4, 0.5) is 0 Å². The molecular weight excluding hydrogens is 358 g/mol. The van der Waals surface area contributed by atoms with Crippen molar-refractivity contribution in [2.75, 3.05) is 6.61 Å². The van der Waals surface area contributed by atoms with Crippen molar-refractivity contribution in [1.82, 2.24) is 4.72 Å². The molecule has 0 aromatic heterocycles. The molecule has 0 radical (unpaired) electrons. The molecule has 0 spiro atoms. The molecule has 1 aromatic carbocycles. The van der Waals surface area contributed by atoms with Crippen LogP contribution in [0, 0.1) is 5.92 Å². The van der Waals surface area contributed by atoms with E-state index < -0.39 is 22.0 Å². The molecule has 1 N–H and O–H groups in total. The first kappa shape index (κ1) is 18.1. The van der Waals surface area contributed by atoms with E-state index in [1.165, 1.54) is 12.1 Å². The highest BCUT2D eigenvalue weighted by Gasteiger charge is 2.27. The lowest BCUT2D eigenvalue weighted by Gasteiger charge is -2.19. The van der Waals surface area contributed by atoms with Gasteiger partial charge < -0.3 is 4.74 Å². The summed E-state index contributed by atoms with van der Waals surface area (Å²) in [5.74, 6) is -0.390. The predicted molar refractivity (Wildman–Crippen MR) is 84.3 cm³/mol. The average Bonchev–Trinajstić information content (AvgIpc) is 2.38. The van der Waals surface area contributed by atoms with E-state index in [0.717, 1.165) is 4.47 Å². The molecule has 0 amide bonds. The van der Waals surface area contributed by atoms with Crippen LogP contribution in [0.15, 0.2) is 33.6 Å². The molecular formula is C14H20BrNO4S. The molecule has 5 nitrogen and oxygen atoms in total. The maximum Gasteiger partial charge on any atom is 0.324 e. The van der Waals surface area contributed by atoms with Gasteiger partial charge in [-0.2, -0.15) is 4.72 Å². The van der Waals surface area contributed by atoms with E-state index in [1.807, 2.05) is 13.8 Å².